The zero-order chi connectivity index (χ0) is 10.7. The molecule has 3 atom stereocenters. The molecule has 2 aliphatic carbocycles. The maximum atomic E-state index is 2.66. The summed E-state index contributed by atoms with van der Waals surface area (Å²) in [6.45, 7) is 4.66. The Morgan fingerprint density at radius 2 is 2.07 bits per heavy atom. The van der Waals surface area contributed by atoms with Crippen LogP contribution in [0, 0.1) is 17.8 Å². The first-order valence-electron chi connectivity index (χ1n) is 7.06. The van der Waals surface area contributed by atoms with Gasteiger partial charge >= 0.3 is 0 Å². The van der Waals surface area contributed by atoms with Crippen molar-refractivity contribution in [3.8, 4) is 0 Å². The minimum absolute atomic E-state index is 0.949. The van der Waals surface area contributed by atoms with Gasteiger partial charge in [-0.3, -0.25) is 0 Å². The van der Waals surface area contributed by atoms with E-state index in [4.69, 9.17) is 0 Å². The Hall–Kier alpha value is -0.260. The van der Waals surface area contributed by atoms with E-state index in [2.05, 4.69) is 19.9 Å². The van der Waals surface area contributed by atoms with E-state index >= 15 is 0 Å². The van der Waals surface area contributed by atoms with Gasteiger partial charge in [-0.2, -0.15) is 0 Å². The SMILES string of the molecule is CCCCC(CCC)C1=CC2CCC1C2. The first-order valence-corrected chi connectivity index (χ1v) is 7.06. The van der Waals surface area contributed by atoms with Crippen LogP contribution in [0.5, 0.6) is 0 Å². The lowest BCUT2D eigenvalue weighted by Crippen LogP contribution is -2.10. The second-order valence-corrected chi connectivity index (χ2v) is 5.56. The Balaban J connectivity index is 1.95. The van der Waals surface area contributed by atoms with Crippen LogP contribution < -0.4 is 0 Å². The van der Waals surface area contributed by atoms with Gasteiger partial charge in [0, 0.05) is 0 Å². The number of rotatable bonds is 6. The highest BCUT2D eigenvalue weighted by molar-refractivity contribution is 5.22. The maximum absolute atomic E-state index is 2.66. The molecule has 0 heterocycles. The third kappa shape index (κ3) is 2.46. The van der Waals surface area contributed by atoms with E-state index in [9.17, 15) is 0 Å². The van der Waals surface area contributed by atoms with Crippen LogP contribution in [0.15, 0.2) is 11.6 Å². The van der Waals surface area contributed by atoms with Crippen molar-refractivity contribution in [2.75, 3.05) is 0 Å². The van der Waals surface area contributed by atoms with E-state index in [1.807, 2.05) is 5.57 Å². The fraction of sp³-hybridized carbons (Fsp3) is 0.867. The molecular formula is C15H26. The number of hydrogen-bond donors (Lipinski definition) is 0. The number of allylic oxidation sites excluding steroid dienone is 2. The lowest BCUT2D eigenvalue weighted by Gasteiger charge is -2.23. The van der Waals surface area contributed by atoms with Crippen LogP contribution in [0.25, 0.3) is 0 Å². The van der Waals surface area contributed by atoms with Crippen molar-refractivity contribution >= 4 is 0 Å². The van der Waals surface area contributed by atoms with Gasteiger partial charge in [0.1, 0.15) is 0 Å². The summed E-state index contributed by atoms with van der Waals surface area (Å²) in [5.41, 5.74) is 1.88. The van der Waals surface area contributed by atoms with Gasteiger partial charge in [0.15, 0.2) is 0 Å². The van der Waals surface area contributed by atoms with Crippen LogP contribution in [0.4, 0.5) is 0 Å². The molecular weight excluding hydrogens is 180 g/mol. The van der Waals surface area contributed by atoms with Crippen molar-refractivity contribution in [3.63, 3.8) is 0 Å². The van der Waals surface area contributed by atoms with Gasteiger partial charge in [-0.25, -0.2) is 0 Å². The number of fused-ring (bicyclic) bond motifs is 2. The van der Waals surface area contributed by atoms with Gasteiger partial charge in [0.25, 0.3) is 0 Å². The lowest BCUT2D eigenvalue weighted by atomic mass is 9.82. The largest absolute Gasteiger partial charge is 0.0816 e. The van der Waals surface area contributed by atoms with Crippen LogP contribution in [-0.2, 0) is 0 Å². The second kappa shape index (κ2) is 5.18. The monoisotopic (exact) mass is 206 g/mol. The Labute approximate surface area is 95.1 Å². The Bertz CT molecular complexity index is 226. The molecule has 0 aromatic rings. The predicted molar refractivity (Wildman–Crippen MR) is 66.8 cm³/mol. The van der Waals surface area contributed by atoms with Crippen LogP contribution in [0.1, 0.15) is 65.2 Å². The lowest BCUT2D eigenvalue weighted by molar-refractivity contribution is 0.439. The van der Waals surface area contributed by atoms with Gasteiger partial charge in [0.2, 0.25) is 0 Å². The summed E-state index contributed by atoms with van der Waals surface area (Å²) in [7, 11) is 0. The molecule has 0 aromatic heterocycles. The Morgan fingerprint density at radius 3 is 2.60 bits per heavy atom. The van der Waals surface area contributed by atoms with Crippen molar-refractivity contribution in [2.24, 2.45) is 17.8 Å². The molecule has 86 valence electrons. The molecule has 1 saturated carbocycles. The van der Waals surface area contributed by atoms with Crippen molar-refractivity contribution in [1.29, 1.82) is 0 Å². The van der Waals surface area contributed by atoms with E-state index in [0.717, 1.165) is 17.8 Å². The fourth-order valence-corrected chi connectivity index (χ4v) is 3.62. The average molecular weight is 206 g/mol. The molecule has 0 spiro atoms. The summed E-state index contributed by atoms with van der Waals surface area (Å²) in [5.74, 6) is 2.93. The topological polar surface area (TPSA) is 0 Å². The van der Waals surface area contributed by atoms with Gasteiger partial charge < -0.3 is 0 Å². The van der Waals surface area contributed by atoms with E-state index in [1.165, 1.54) is 51.4 Å². The van der Waals surface area contributed by atoms with Crippen LogP contribution >= 0.6 is 0 Å². The van der Waals surface area contributed by atoms with Crippen LogP contribution in [0.2, 0.25) is 0 Å². The second-order valence-electron chi connectivity index (χ2n) is 5.56. The van der Waals surface area contributed by atoms with Crippen molar-refractivity contribution < 1.29 is 0 Å². The zero-order valence-electron chi connectivity index (χ0n) is 10.5. The third-order valence-corrected chi connectivity index (χ3v) is 4.39. The molecule has 3 unspecified atom stereocenters. The molecule has 0 amide bonds. The van der Waals surface area contributed by atoms with Crippen LogP contribution in [-0.4, -0.2) is 0 Å². The predicted octanol–water partition coefficient (Wildman–Crippen LogP) is 4.95. The van der Waals surface area contributed by atoms with Crippen LogP contribution in [0.3, 0.4) is 0 Å². The minimum atomic E-state index is 0.949. The first-order chi connectivity index (χ1) is 7.35. The molecule has 2 rings (SSSR count). The van der Waals surface area contributed by atoms with E-state index in [1.54, 1.807) is 0 Å². The van der Waals surface area contributed by atoms with E-state index < -0.39 is 0 Å². The molecule has 0 aromatic carbocycles. The normalized spacial score (nSPS) is 30.7. The molecule has 0 heteroatoms. The average Bonchev–Trinajstić information content (AvgIpc) is 2.85. The van der Waals surface area contributed by atoms with Crippen molar-refractivity contribution in [2.45, 2.75) is 65.2 Å². The number of unbranched alkanes of at least 4 members (excludes halogenated alkanes) is 1. The molecule has 0 N–H and O–H groups in total. The summed E-state index contributed by atoms with van der Waals surface area (Å²) in [5, 5.41) is 0. The smallest absolute Gasteiger partial charge is 0.0195 e. The number of hydrogen-bond acceptors (Lipinski definition) is 0. The molecule has 15 heavy (non-hydrogen) atoms. The van der Waals surface area contributed by atoms with Gasteiger partial charge in [-0.15, -0.1) is 0 Å². The summed E-state index contributed by atoms with van der Waals surface area (Å²) < 4.78 is 0. The third-order valence-electron chi connectivity index (χ3n) is 4.39. The Kier molecular flexibility index (Phi) is 3.88. The summed E-state index contributed by atoms with van der Waals surface area (Å²) in [6, 6.07) is 0. The molecule has 0 radical (unpaired) electrons. The Morgan fingerprint density at radius 1 is 1.20 bits per heavy atom. The zero-order valence-corrected chi connectivity index (χ0v) is 10.5. The molecule has 2 bridgehead atoms. The van der Waals surface area contributed by atoms with Crippen molar-refractivity contribution in [3.05, 3.63) is 11.6 Å². The molecule has 0 saturated heterocycles. The van der Waals surface area contributed by atoms with Gasteiger partial charge in [0.05, 0.1) is 0 Å². The van der Waals surface area contributed by atoms with E-state index in [0.29, 0.717) is 0 Å². The van der Waals surface area contributed by atoms with Gasteiger partial charge in [-0.1, -0.05) is 44.8 Å². The molecule has 0 nitrogen and oxygen atoms in total. The summed E-state index contributed by atoms with van der Waals surface area (Å²) >= 11 is 0. The molecule has 1 fully saturated rings. The highest BCUT2D eigenvalue weighted by Crippen LogP contribution is 2.48. The minimum Gasteiger partial charge on any atom is -0.0816 e. The molecule has 2 aliphatic rings. The highest BCUT2D eigenvalue weighted by Gasteiger charge is 2.35. The summed E-state index contributed by atoms with van der Waals surface area (Å²) in [6.07, 6.45) is 14.2. The first kappa shape index (κ1) is 11.2. The van der Waals surface area contributed by atoms with E-state index in [-0.39, 0.29) is 0 Å². The fourth-order valence-electron chi connectivity index (χ4n) is 3.62. The molecule has 0 aliphatic heterocycles. The maximum Gasteiger partial charge on any atom is -0.0195 e. The quantitative estimate of drug-likeness (QED) is 0.539. The summed E-state index contributed by atoms with van der Waals surface area (Å²) in [4.78, 5) is 0. The van der Waals surface area contributed by atoms with Crippen molar-refractivity contribution in [1.82, 2.24) is 0 Å². The van der Waals surface area contributed by atoms with Gasteiger partial charge in [-0.05, 0) is 49.9 Å². The highest BCUT2D eigenvalue weighted by atomic mass is 14.4. The standard InChI is InChI=1S/C15H26/c1-3-5-7-13(6-4-2)15-11-12-8-9-14(15)10-12/h11-14H,3-10H2,1-2H3.